The van der Waals surface area contributed by atoms with Crippen LogP contribution in [0.3, 0.4) is 0 Å². The second kappa shape index (κ2) is 6.94. The molecule has 1 saturated heterocycles. The molecule has 1 aromatic rings. The highest BCUT2D eigenvalue weighted by atomic mass is 16.5. The first-order chi connectivity index (χ1) is 10.3. The molecule has 0 unspecified atom stereocenters. The predicted molar refractivity (Wildman–Crippen MR) is 83.6 cm³/mol. The van der Waals surface area contributed by atoms with Gasteiger partial charge in [-0.05, 0) is 69.3 Å². The SMILES string of the molecule is O=C(Nc1ccc(OC2CCCC2)cc1)[C@@H]1CCCCN1. The first-order valence-corrected chi connectivity index (χ1v) is 8.12. The number of hydrogen-bond donors (Lipinski definition) is 2. The summed E-state index contributed by atoms with van der Waals surface area (Å²) < 4.78 is 5.93. The zero-order valence-corrected chi connectivity index (χ0v) is 12.4. The third-order valence-electron chi connectivity index (χ3n) is 4.35. The smallest absolute Gasteiger partial charge is 0.241 e. The summed E-state index contributed by atoms with van der Waals surface area (Å²) in [6.07, 6.45) is 8.44. The van der Waals surface area contributed by atoms with Crippen LogP contribution in [0.25, 0.3) is 0 Å². The van der Waals surface area contributed by atoms with Gasteiger partial charge in [-0.15, -0.1) is 0 Å². The van der Waals surface area contributed by atoms with Gasteiger partial charge in [-0.25, -0.2) is 0 Å². The Labute approximate surface area is 126 Å². The number of piperidine rings is 1. The normalized spacial score (nSPS) is 23.0. The Morgan fingerprint density at radius 1 is 1.05 bits per heavy atom. The first kappa shape index (κ1) is 14.4. The van der Waals surface area contributed by atoms with Crippen molar-refractivity contribution < 1.29 is 9.53 Å². The summed E-state index contributed by atoms with van der Waals surface area (Å²) in [4.78, 5) is 12.1. The van der Waals surface area contributed by atoms with Crippen molar-refractivity contribution in [2.24, 2.45) is 0 Å². The summed E-state index contributed by atoms with van der Waals surface area (Å²) in [5.41, 5.74) is 0.839. The number of rotatable bonds is 4. The van der Waals surface area contributed by atoms with E-state index in [1.54, 1.807) is 0 Å². The van der Waals surface area contributed by atoms with Crippen LogP contribution in [0.2, 0.25) is 0 Å². The van der Waals surface area contributed by atoms with E-state index in [1.165, 1.54) is 12.8 Å². The molecule has 0 radical (unpaired) electrons. The predicted octanol–water partition coefficient (Wildman–Crippen LogP) is 3.09. The lowest BCUT2D eigenvalue weighted by Crippen LogP contribution is -2.43. The summed E-state index contributed by atoms with van der Waals surface area (Å²) in [5, 5.41) is 6.24. The molecule has 114 valence electrons. The summed E-state index contributed by atoms with van der Waals surface area (Å²) in [5.74, 6) is 0.967. The van der Waals surface area contributed by atoms with Crippen molar-refractivity contribution in [3.8, 4) is 5.75 Å². The van der Waals surface area contributed by atoms with Gasteiger partial charge in [0.1, 0.15) is 5.75 Å². The van der Waals surface area contributed by atoms with E-state index < -0.39 is 0 Å². The van der Waals surface area contributed by atoms with Gasteiger partial charge in [-0.3, -0.25) is 4.79 Å². The molecule has 3 rings (SSSR count). The van der Waals surface area contributed by atoms with Gasteiger partial charge in [-0.2, -0.15) is 0 Å². The van der Waals surface area contributed by atoms with Crippen molar-refractivity contribution in [2.45, 2.75) is 57.1 Å². The van der Waals surface area contributed by atoms with Gasteiger partial charge < -0.3 is 15.4 Å². The Morgan fingerprint density at radius 3 is 2.43 bits per heavy atom. The van der Waals surface area contributed by atoms with Crippen molar-refractivity contribution >= 4 is 11.6 Å². The van der Waals surface area contributed by atoms with Crippen LogP contribution in [0.15, 0.2) is 24.3 Å². The fourth-order valence-corrected chi connectivity index (χ4v) is 3.12. The minimum atomic E-state index is -0.0480. The van der Waals surface area contributed by atoms with Gasteiger partial charge in [-0.1, -0.05) is 6.42 Å². The van der Waals surface area contributed by atoms with Crippen LogP contribution in [-0.2, 0) is 4.79 Å². The van der Waals surface area contributed by atoms with Crippen LogP contribution in [0.4, 0.5) is 5.69 Å². The van der Waals surface area contributed by atoms with Crippen LogP contribution >= 0.6 is 0 Å². The topological polar surface area (TPSA) is 50.4 Å². The van der Waals surface area contributed by atoms with Crippen LogP contribution in [-0.4, -0.2) is 24.6 Å². The quantitative estimate of drug-likeness (QED) is 0.895. The van der Waals surface area contributed by atoms with Crippen LogP contribution in [0, 0.1) is 0 Å². The largest absolute Gasteiger partial charge is 0.490 e. The van der Waals surface area contributed by atoms with E-state index in [0.717, 1.165) is 50.1 Å². The standard InChI is InChI=1S/C17H24N2O2/c20-17(16-7-3-4-12-18-16)19-13-8-10-15(11-9-13)21-14-5-1-2-6-14/h8-11,14,16,18H,1-7,12H2,(H,19,20)/t16-/m0/s1. The van der Waals surface area contributed by atoms with E-state index in [1.807, 2.05) is 24.3 Å². The molecule has 1 aromatic carbocycles. The molecule has 1 amide bonds. The monoisotopic (exact) mass is 288 g/mol. The minimum Gasteiger partial charge on any atom is -0.490 e. The van der Waals surface area contributed by atoms with Crippen LogP contribution in [0.5, 0.6) is 5.75 Å². The number of amides is 1. The summed E-state index contributed by atoms with van der Waals surface area (Å²) in [6, 6.07) is 7.69. The minimum absolute atomic E-state index is 0.0480. The molecule has 4 nitrogen and oxygen atoms in total. The Hall–Kier alpha value is -1.55. The third kappa shape index (κ3) is 3.97. The Morgan fingerprint density at radius 2 is 1.76 bits per heavy atom. The first-order valence-electron chi connectivity index (χ1n) is 8.12. The van der Waals surface area contributed by atoms with Gasteiger partial charge >= 0.3 is 0 Å². The Kier molecular flexibility index (Phi) is 4.76. The number of ether oxygens (including phenoxy) is 1. The summed E-state index contributed by atoms with van der Waals surface area (Å²) >= 11 is 0. The van der Waals surface area contributed by atoms with Gasteiger partial charge in [0, 0.05) is 5.69 Å². The van der Waals surface area contributed by atoms with E-state index in [2.05, 4.69) is 10.6 Å². The Balaban J connectivity index is 1.52. The molecule has 2 N–H and O–H groups in total. The zero-order chi connectivity index (χ0) is 14.5. The van der Waals surface area contributed by atoms with Crippen molar-refractivity contribution in [2.75, 3.05) is 11.9 Å². The van der Waals surface area contributed by atoms with Crippen molar-refractivity contribution in [1.29, 1.82) is 0 Å². The molecular weight excluding hydrogens is 264 g/mol. The lowest BCUT2D eigenvalue weighted by molar-refractivity contribution is -0.118. The highest BCUT2D eigenvalue weighted by Crippen LogP contribution is 2.25. The van der Waals surface area contributed by atoms with E-state index in [0.29, 0.717) is 6.10 Å². The second-order valence-electron chi connectivity index (χ2n) is 6.04. The number of nitrogens with one attached hydrogen (secondary N) is 2. The van der Waals surface area contributed by atoms with E-state index in [-0.39, 0.29) is 11.9 Å². The van der Waals surface area contributed by atoms with Gasteiger partial charge in [0.05, 0.1) is 12.1 Å². The second-order valence-corrected chi connectivity index (χ2v) is 6.04. The average Bonchev–Trinajstić information content (AvgIpc) is 3.03. The highest BCUT2D eigenvalue weighted by molar-refractivity contribution is 5.94. The molecule has 1 atom stereocenters. The molecule has 21 heavy (non-hydrogen) atoms. The number of carbonyl (C=O) groups is 1. The molecule has 2 aliphatic rings. The molecule has 1 heterocycles. The van der Waals surface area contributed by atoms with Crippen molar-refractivity contribution in [1.82, 2.24) is 5.32 Å². The molecule has 0 bridgehead atoms. The van der Waals surface area contributed by atoms with Crippen LogP contribution in [0.1, 0.15) is 44.9 Å². The van der Waals surface area contributed by atoms with Gasteiger partial charge in [0.25, 0.3) is 0 Å². The molecule has 1 aliphatic heterocycles. The zero-order valence-electron chi connectivity index (χ0n) is 12.4. The highest BCUT2D eigenvalue weighted by Gasteiger charge is 2.20. The molecular formula is C17H24N2O2. The van der Waals surface area contributed by atoms with E-state index in [9.17, 15) is 4.79 Å². The average molecular weight is 288 g/mol. The van der Waals surface area contributed by atoms with Gasteiger partial charge in [0.2, 0.25) is 5.91 Å². The molecule has 0 spiro atoms. The number of carbonyl (C=O) groups excluding carboxylic acids is 1. The summed E-state index contributed by atoms with van der Waals surface area (Å²) in [7, 11) is 0. The molecule has 1 saturated carbocycles. The fraction of sp³-hybridized carbons (Fsp3) is 0.588. The molecule has 4 heteroatoms. The van der Waals surface area contributed by atoms with E-state index in [4.69, 9.17) is 4.74 Å². The van der Waals surface area contributed by atoms with Gasteiger partial charge in [0.15, 0.2) is 0 Å². The lowest BCUT2D eigenvalue weighted by atomic mass is 10.0. The number of anilines is 1. The van der Waals surface area contributed by atoms with Crippen molar-refractivity contribution in [3.63, 3.8) is 0 Å². The molecule has 1 aliphatic carbocycles. The number of hydrogen-bond acceptors (Lipinski definition) is 3. The maximum atomic E-state index is 12.1. The molecule has 0 aromatic heterocycles. The molecule has 2 fully saturated rings. The maximum Gasteiger partial charge on any atom is 0.241 e. The maximum absolute atomic E-state index is 12.1. The summed E-state index contributed by atoms with van der Waals surface area (Å²) in [6.45, 7) is 0.937. The van der Waals surface area contributed by atoms with Crippen LogP contribution < -0.4 is 15.4 Å². The van der Waals surface area contributed by atoms with E-state index >= 15 is 0 Å². The number of benzene rings is 1. The third-order valence-corrected chi connectivity index (χ3v) is 4.35. The fourth-order valence-electron chi connectivity index (χ4n) is 3.12. The Bertz CT molecular complexity index is 460. The lowest BCUT2D eigenvalue weighted by Gasteiger charge is -2.22. The van der Waals surface area contributed by atoms with Crippen molar-refractivity contribution in [3.05, 3.63) is 24.3 Å².